The third-order valence-electron chi connectivity index (χ3n) is 4.09. The van der Waals surface area contributed by atoms with Gasteiger partial charge in [0, 0.05) is 4.47 Å². The van der Waals surface area contributed by atoms with E-state index in [9.17, 15) is 4.79 Å². The highest BCUT2D eigenvalue weighted by Gasteiger charge is 2.01. The van der Waals surface area contributed by atoms with Crippen LogP contribution in [0.3, 0.4) is 0 Å². The van der Waals surface area contributed by atoms with E-state index in [0.717, 1.165) is 26.9 Å². The summed E-state index contributed by atoms with van der Waals surface area (Å²) in [6.45, 7) is 2.53. The molecule has 0 aliphatic rings. The molecule has 0 aliphatic carbocycles. The highest BCUT2D eigenvalue weighted by molar-refractivity contribution is 9.10. The third-order valence-corrected chi connectivity index (χ3v) is 4.62. The largest absolute Gasteiger partial charge is 0.489 e. The lowest BCUT2D eigenvalue weighted by atomic mass is 10.1. The van der Waals surface area contributed by atoms with Gasteiger partial charge in [-0.25, -0.2) is 5.43 Å². The number of amides is 1. The van der Waals surface area contributed by atoms with Crippen LogP contribution in [0.2, 0.25) is 0 Å². The van der Waals surface area contributed by atoms with Crippen LogP contribution < -0.4 is 10.2 Å². The summed E-state index contributed by atoms with van der Waals surface area (Å²) in [6.07, 6.45) is 1.92. The fourth-order valence-electron chi connectivity index (χ4n) is 2.51. The highest BCUT2D eigenvalue weighted by atomic mass is 79.9. The van der Waals surface area contributed by atoms with Gasteiger partial charge in [0.1, 0.15) is 12.4 Å². The molecule has 0 saturated heterocycles. The minimum atomic E-state index is -0.144. The first kappa shape index (κ1) is 19.8. The van der Waals surface area contributed by atoms with Crippen LogP contribution in [0, 0.1) is 6.92 Å². The molecular weight excluding hydrogens is 416 g/mol. The summed E-state index contributed by atoms with van der Waals surface area (Å²) in [5, 5.41) is 4.02. The molecule has 0 radical (unpaired) electrons. The average molecular weight is 437 g/mol. The second-order valence-electron chi connectivity index (χ2n) is 6.44. The quantitative estimate of drug-likeness (QED) is 0.417. The lowest BCUT2D eigenvalue weighted by Gasteiger charge is -2.06. The highest BCUT2D eigenvalue weighted by Crippen LogP contribution is 2.15. The van der Waals surface area contributed by atoms with E-state index < -0.39 is 0 Å². The van der Waals surface area contributed by atoms with Crippen molar-refractivity contribution in [2.75, 3.05) is 0 Å². The van der Waals surface area contributed by atoms with Gasteiger partial charge >= 0.3 is 0 Å². The number of halogens is 1. The predicted octanol–water partition coefficient (Wildman–Crippen LogP) is 5.03. The maximum Gasteiger partial charge on any atom is 0.244 e. The number of carbonyl (C=O) groups is 1. The topological polar surface area (TPSA) is 50.7 Å². The summed E-state index contributed by atoms with van der Waals surface area (Å²) in [4.78, 5) is 11.9. The Morgan fingerprint density at radius 1 is 0.964 bits per heavy atom. The van der Waals surface area contributed by atoms with Crippen LogP contribution in [0.25, 0.3) is 0 Å². The Labute approximate surface area is 173 Å². The molecule has 1 N–H and O–H groups in total. The summed E-state index contributed by atoms with van der Waals surface area (Å²) in [5.74, 6) is 0.637. The number of nitrogens with zero attached hydrogens (tertiary/aromatic N) is 1. The van der Waals surface area contributed by atoms with Gasteiger partial charge in [-0.15, -0.1) is 0 Å². The molecule has 4 nitrogen and oxygen atoms in total. The molecule has 1 amide bonds. The van der Waals surface area contributed by atoms with Crippen LogP contribution in [0.5, 0.6) is 5.75 Å². The summed E-state index contributed by atoms with van der Waals surface area (Å²) in [5.41, 5.74) is 6.67. The Morgan fingerprint density at radius 3 is 2.29 bits per heavy atom. The number of hydrogen-bond acceptors (Lipinski definition) is 3. The smallest absolute Gasteiger partial charge is 0.244 e. The summed E-state index contributed by atoms with van der Waals surface area (Å²) in [7, 11) is 0. The van der Waals surface area contributed by atoms with E-state index in [2.05, 4.69) is 26.5 Å². The molecule has 0 unspecified atom stereocenters. The molecular formula is C23H21BrN2O2. The van der Waals surface area contributed by atoms with E-state index in [1.165, 1.54) is 5.56 Å². The molecule has 0 aliphatic heterocycles. The molecule has 0 heterocycles. The maximum atomic E-state index is 11.9. The number of benzene rings is 3. The second-order valence-corrected chi connectivity index (χ2v) is 7.36. The fourth-order valence-corrected chi connectivity index (χ4v) is 2.77. The van der Waals surface area contributed by atoms with Crippen LogP contribution >= 0.6 is 15.9 Å². The number of nitrogens with one attached hydrogen (secondary N) is 1. The Morgan fingerprint density at radius 2 is 1.61 bits per heavy atom. The van der Waals surface area contributed by atoms with Gasteiger partial charge in [-0.1, -0.05) is 57.9 Å². The Kier molecular flexibility index (Phi) is 6.98. The number of ether oxygens (including phenoxy) is 1. The normalized spacial score (nSPS) is 10.8. The first-order valence-electron chi connectivity index (χ1n) is 8.93. The van der Waals surface area contributed by atoms with Crippen molar-refractivity contribution in [1.29, 1.82) is 0 Å². The second kappa shape index (κ2) is 9.85. The van der Waals surface area contributed by atoms with E-state index >= 15 is 0 Å². The van der Waals surface area contributed by atoms with Crippen molar-refractivity contribution in [3.63, 3.8) is 0 Å². The molecule has 3 aromatic carbocycles. The van der Waals surface area contributed by atoms with Crippen LogP contribution in [-0.2, 0) is 17.8 Å². The van der Waals surface area contributed by atoms with Gasteiger partial charge in [0.2, 0.25) is 5.91 Å². The number of aryl methyl sites for hydroxylation is 1. The Bertz CT molecular complexity index is 934. The predicted molar refractivity (Wildman–Crippen MR) is 116 cm³/mol. The van der Waals surface area contributed by atoms with Gasteiger partial charge in [0.05, 0.1) is 12.6 Å². The van der Waals surface area contributed by atoms with Gasteiger partial charge in [-0.05, 0) is 60.0 Å². The summed E-state index contributed by atoms with van der Waals surface area (Å²) >= 11 is 3.42. The summed E-state index contributed by atoms with van der Waals surface area (Å²) < 4.78 is 6.82. The minimum Gasteiger partial charge on any atom is -0.489 e. The molecule has 5 heteroatoms. The van der Waals surface area contributed by atoms with Crippen LogP contribution in [0.4, 0.5) is 0 Å². The molecule has 0 atom stereocenters. The van der Waals surface area contributed by atoms with Crippen LogP contribution in [0.15, 0.2) is 82.4 Å². The molecule has 3 aromatic rings. The molecule has 0 spiro atoms. The zero-order chi connectivity index (χ0) is 19.8. The lowest BCUT2D eigenvalue weighted by molar-refractivity contribution is -0.120. The van der Waals surface area contributed by atoms with Crippen molar-refractivity contribution in [3.8, 4) is 5.75 Å². The van der Waals surface area contributed by atoms with Crippen molar-refractivity contribution in [2.45, 2.75) is 20.0 Å². The maximum absolute atomic E-state index is 11.9. The van der Waals surface area contributed by atoms with Gasteiger partial charge in [-0.2, -0.15) is 5.10 Å². The SMILES string of the molecule is Cc1ccc(CC(=O)N/N=C/c2ccc(OCc3ccc(Br)cc3)cc2)cc1. The molecule has 28 heavy (non-hydrogen) atoms. The molecule has 0 fully saturated rings. The fraction of sp³-hybridized carbons (Fsp3) is 0.130. The monoisotopic (exact) mass is 436 g/mol. The summed E-state index contributed by atoms with van der Waals surface area (Å²) in [6, 6.07) is 23.5. The van der Waals surface area contributed by atoms with E-state index in [0.29, 0.717) is 13.0 Å². The molecule has 142 valence electrons. The van der Waals surface area contributed by atoms with Crippen molar-refractivity contribution in [1.82, 2.24) is 5.43 Å². The van der Waals surface area contributed by atoms with Gasteiger partial charge in [-0.3, -0.25) is 4.79 Å². The number of carbonyl (C=O) groups excluding carboxylic acids is 1. The van der Waals surface area contributed by atoms with Crippen LogP contribution in [-0.4, -0.2) is 12.1 Å². The standard InChI is InChI=1S/C23H21BrN2O2/c1-17-2-4-18(5-3-17)14-23(27)26-25-15-19-8-12-22(13-9-19)28-16-20-6-10-21(24)11-7-20/h2-13,15H,14,16H2,1H3,(H,26,27)/b25-15+. The molecule has 3 rings (SSSR count). The van der Waals surface area contributed by atoms with Crippen molar-refractivity contribution >= 4 is 28.1 Å². The molecule has 0 saturated carbocycles. The third kappa shape index (κ3) is 6.35. The number of rotatable bonds is 7. The van der Waals surface area contributed by atoms with Crippen molar-refractivity contribution in [2.24, 2.45) is 5.10 Å². The van der Waals surface area contributed by atoms with Crippen molar-refractivity contribution < 1.29 is 9.53 Å². The number of hydrazone groups is 1. The van der Waals surface area contributed by atoms with Gasteiger partial charge in [0.25, 0.3) is 0 Å². The van der Waals surface area contributed by atoms with Gasteiger partial charge in [0.15, 0.2) is 0 Å². The molecule has 0 aromatic heterocycles. The zero-order valence-electron chi connectivity index (χ0n) is 15.6. The first-order chi connectivity index (χ1) is 13.6. The first-order valence-corrected chi connectivity index (χ1v) is 9.72. The van der Waals surface area contributed by atoms with Crippen LogP contribution in [0.1, 0.15) is 22.3 Å². The van der Waals surface area contributed by atoms with Crippen molar-refractivity contribution in [3.05, 3.63) is 99.5 Å². The Hall–Kier alpha value is -2.92. The van der Waals surface area contributed by atoms with E-state index in [4.69, 9.17) is 4.74 Å². The Balaban J connectivity index is 1.45. The van der Waals surface area contributed by atoms with E-state index in [1.54, 1.807) is 6.21 Å². The van der Waals surface area contributed by atoms with E-state index in [-0.39, 0.29) is 5.91 Å². The van der Waals surface area contributed by atoms with Gasteiger partial charge < -0.3 is 4.74 Å². The lowest BCUT2D eigenvalue weighted by Crippen LogP contribution is -2.19. The zero-order valence-corrected chi connectivity index (χ0v) is 17.1. The number of hydrogen-bond donors (Lipinski definition) is 1. The molecule has 0 bridgehead atoms. The minimum absolute atomic E-state index is 0.144. The average Bonchev–Trinajstić information content (AvgIpc) is 2.70. The van der Waals surface area contributed by atoms with E-state index in [1.807, 2.05) is 79.7 Å².